The lowest BCUT2D eigenvalue weighted by molar-refractivity contribution is 0.307. The average molecular weight is 522 g/mol. The fourth-order valence-electron chi connectivity index (χ4n) is 5.70. The quantitative estimate of drug-likeness (QED) is 0.320. The van der Waals surface area contributed by atoms with E-state index in [0.29, 0.717) is 25.7 Å². The Morgan fingerprint density at radius 1 is 1.05 bits per heavy atom. The number of rotatable bonds is 8. The SMILES string of the molecule is C=CCNc1nc(N2CCC(N(C)c3cccc4c3Cc3ccccc3CO4)CC2)nc2c1ncn2CC=C. The second-order valence-electron chi connectivity index (χ2n) is 10.2. The molecule has 1 N–H and O–H groups in total. The fraction of sp³-hybridized carbons (Fsp3) is 0.323. The van der Waals surface area contributed by atoms with Crippen molar-refractivity contribution < 1.29 is 4.74 Å². The van der Waals surface area contributed by atoms with Crippen LogP contribution < -0.4 is 19.9 Å². The lowest BCUT2D eigenvalue weighted by Crippen LogP contribution is -2.44. The molecule has 0 radical (unpaired) electrons. The van der Waals surface area contributed by atoms with E-state index in [-0.39, 0.29) is 0 Å². The van der Waals surface area contributed by atoms with Gasteiger partial charge < -0.3 is 24.4 Å². The van der Waals surface area contributed by atoms with Gasteiger partial charge in [-0.15, -0.1) is 13.2 Å². The van der Waals surface area contributed by atoms with Crippen molar-refractivity contribution in [1.29, 1.82) is 0 Å². The Labute approximate surface area is 229 Å². The van der Waals surface area contributed by atoms with Gasteiger partial charge in [-0.2, -0.15) is 9.97 Å². The van der Waals surface area contributed by atoms with Gasteiger partial charge in [0.1, 0.15) is 12.4 Å². The molecule has 0 saturated carbocycles. The van der Waals surface area contributed by atoms with Crippen molar-refractivity contribution in [3.8, 4) is 5.75 Å². The van der Waals surface area contributed by atoms with Gasteiger partial charge in [-0.25, -0.2) is 4.98 Å². The summed E-state index contributed by atoms with van der Waals surface area (Å²) in [5.74, 6) is 2.47. The van der Waals surface area contributed by atoms with Gasteiger partial charge in [0, 0.05) is 56.9 Å². The summed E-state index contributed by atoms with van der Waals surface area (Å²) in [5, 5.41) is 3.34. The number of fused-ring (bicyclic) bond motifs is 3. The lowest BCUT2D eigenvalue weighted by atomic mass is 9.97. The number of hydrogen-bond donors (Lipinski definition) is 1. The molecule has 8 heteroatoms. The summed E-state index contributed by atoms with van der Waals surface area (Å²) in [6.45, 7) is 11.3. The first-order valence-electron chi connectivity index (χ1n) is 13.6. The molecule has 0 aliphatic carbocycles. The highest BCUT2D eigenvalue weighted by Crippen LogP contribution is 2.37. The minimum atomic E-state index is 0.416. The van der Waals surface area contributed by atoms with E-state index >= 15 is 0 Å². The summed E-state index contributed by atoms with van der Waals surface area (Å²) in [4.78, 5) is 19.1. The molecule has 1 saturated heterocycles. The van der Waals surface area contributed by atoms with Crippen LogP contribution in [0.2, 0.25) is 0 Å². The van der Waals surface area contributed by atoms with Crippen molar-refractivity contribution in [3.63, 3.8) is 0 Å². The molecule has 2 aromatic heterocycles. The maximum absolute atomic E-state index is 6.25. The van der Waals surface area contributed by atoms with Crippen molar-refractivity contribution in [2.45, 2.75) is 38.5 Å². The number of nitrogens with zero attached hydrogens (tertiary/aromatic N) is 6. The highest BCUT2D eigenvalue weighted by molar-refractivity contribution is 5.84. The molecule has 1 fully saturated rings. The average Bonchev–Trinajstić information content (AvgIpc) is 3.28. The van der Waals surface area contributed by atoms with Crippen LogP contribution >= 0.6 is 0 Å². The van der Waals surface area contributed by atoms with Crippen molar-refractivity contribution in [1.82, 2.24) is 19.5 Å². The zero-order valence-corrected chi connectivity index (χ0v) is 22.5. The fourth-order valence-corrected chi connectivity index (χ4v) is 5.70. The smallest absolute Gasteiger partial charge is 0.229 e. The topological polar surface area (TPSA) is 71.3 Å². The molecule has 0 atom stereocenters. The molecular formula is C31H35N7O. The summed E-state index contributed by atoms with van der Waals surface area (Å²) >= 11 is 0. The number of nitrogens with one attached hydrogen (secondary N) is 1. The van der Waals surface area contributed by atoms with Crippen LogP contribution in [-0.2, 0) is 19.6 Å². The van der Waals surface area contributed by atoms with Crippen LogP contribution in [0.25, 0.3) is 11.2 Å². The highest BCUT2D eigenvalue weighted by Gasteiger charge is 2.28. The van der Waals surface area contributed by atoms with E-state index in [4.69, 9.17) is 14.7 Å². The number of piperidine rings is 1. The summed E-state index contributed by atoms with van der Waals surface area (Å²) in [7, 11) is 2.22. The van der Waals surface area contributed by atoms with Gasteiger partial charge in [0.05, 0.1) is 6.33 Å². The first kappa shape index (κ1) is 25.0. The van der Waals surface area contributed by atoms with Gasteiger partial charge in [-0.1, -0.05) is 42.5 Å². The van der Waals surface area contributed by atoms with Crippen LogP contribution in [0.4, 0.5) is 17.5 Å². The molecule has 0 unspecified atom stereocenters. The molecule has 6 rings (SSSR count). The zero-order chi connectivity index (χ0) is 26.8. The van der Waals surface area contributed by atoms with E-state index in [1.807, 2.05) is 16.7 Å². The monoisotopic (exact) mass is 521 g/mol. The standard InChI is InChI=1S/C31H35N7O/c1-4-15-32-29-28-30(38(16-5-2)21-33-28)35-31(34-29)37-17-13-24(14-18-37)36(3)26-11-8-12-27-25(26)19-22-9-6-7-10-23(22)20-39-27/h4-12,21,24H,1-2,13-20H2,3H3,(H,32,34,35). The molecule has 4 aromatic rings. The molecule has 200 valence electrons. The Kier molecular flexibility index (Phi) is 6.92. The van der Waals surface area contributed by atoms with Crippen LogP contribution in [0, 0.1) is 0 Å². The van der Waals surface area contributed by atoms with E-state index in [0.717, 1.165) is 61.0 Å². The van der Waals surface area contributed by atoms with Crippen LogP contribution in [0.3, 0.4) is 0 Å². The van der Waals surface area contributed by atoms with Crippen LogP contribution in [0.5, 0.6) is 5.75 Å². The number of hydrogen-bond acceptors (Lipinski definition) is 7. The molecule has 2 aliphatic heterocycles. The predicted molar refractivity (Wildman–Crippen MR) is 158 cm³/mol. The Morgan fingerprint density at radius 3 is 2.67 bits per heavy atom. The number of aromatic nitrogens is 4. The Balaban J connectivity index is 1.22. The Hall–Kier alpha value is -4.33. The molecule has 39 heavy (non-hydrogen) atoms. The van der Waals surface area contributed by atoms with Gasteiger partial charge in [0.15, 0.2) is 17.0 Å². The van der Waals surface area contributed by atoms with E-state index < -0.39 is 0 Å². The first-order chi connectivity index (χ1) is 19.2. The minimum Gasteiger partial charge on any atom is -0.489 e. The molecule has 8 nitrogen and oxygen atoms in total. The predicted octanol–water partition coefficient (Wildman–Crippen LogP) is 5.20. The summed E-state index contributed by atoms with van der Waals surface area (Å²) in [6.07, 6.45) is 8.40. The van der Waals surface area contributed by atoms with Gasteiger partial charge >= 0.3 is 0 Å². The molecule has 0 amide bonds. The number of benzene rings is 2. The maximum atomic E-state index is 6.25. The number of imidazole rings is 1. The van der Waals surface area contributed by atoms with Gasteiger partial charge in [0.2, 0.25) is 5.95 Å². The lowest BCUT2D eigenvalue weighted by Gasteiger charge is -2.38. The van der Waals surface area contributed by atoms with E-state index in [9.17, 15) is 0 Å². The largest absolute Gasteiger partial charge is 0.489 e. The van der Waals surface area contributed by atoms with Crippen molar-refractivity contribution >= 4 is 28.6 Å². The summed E-state index contributed by atoms with van der Waals surface area (Å²) in [6, 6.07) is 15.5. The molecular weight excluding hydrogens is 486 g/mol. The molecule has 2 aromatic carbocycles. The van der Waals surface area contributed by atoms with Crippen LogP contribution in [0.1, 0.15) is 29.5 Å². The number of allylic oxidation sites excluding steroid dienone is 1. The van der Waals surface area contributed by atoms with Crippen molar-refractivity contribution in [3.05, 3.63) is 90.8 Å². The molecule has 0 spiro atoms. The summed E-state index contributed by atoms with van der Waals surface area (Å²) in [5.41, 5.74) is 6.72. The third-order valence-corrected chi connectivity index (χ3v) is 7.84. The second-order valence-corrected chi connectivity index (χ2v) is 10.2. The number of ether oxygens (including phenoxy) is 1. The van der Waals surface area contributed by atoms with Gasteiger partial charge in [0.25, 0.3) is 0 Å². The molecule has 4 heterocycles. The van der Waals surface area contributed by atoms with E-state index in [2.05, 4.69) is 82.8 Å². The van der Waals surface area contributed by atoms with Gasteiger partial charge in [-0.05, 0) is 36.1 Å². The van der Waals surface area contributed by atoms with E-state index in [1.165, 1.54) is 22.4 Å². The Bertz CT molecular complexity index is 1500. The summed E-state index contributed by atoms with van der Waals surface area (Å²) < 4.78 is 8.25. The number of anilines is 3. The van der Waals surface area contributed by atoms with Crippen LogP contribution in [0.15, 0.2) is 74.1 Å². The third-order valence-electron chi connectivity index (χ3n) is 7.84. The van der Waals surface area contributed by atoms with Crippen LogP contribution in [-0.4, -0.2) is 52.2 Å². The molecule has 0 bridgehead atoms. The van der Waals surface area contributed by atoms with E-state index in [1.54, 1.807) is 6.33 Å². The molecule has 2 aliphatic rings. The maximum Gasteiger partial charge on any atom is 0.229 e. The third kappa shape index (κ3) is 4.82. The second kappa shape index (κ2) is 10.8. The Morgan fingerprint density at radius 2 is 1.87 bits per heavy atom. The first-order valence-corrected chi connectivity index (χ1v) is 13.6. The zero-order valence-electron chi connectivity index (χ0n) is 22.5. The minimum absolute atomic E-state index is 0.416. The van der Waals surface area contributed by atoms with Crippen molar-refractivity contribution in [2.24, 2.45) is 0 Å². The highest BCUT2D eigenvalue weighted by atomic mass is 16.5. The van der Waals surface area contributed by atoms with Crippen molar-refractivity contribution in [2.75, 3.05) is 41.8 Å². The van der Waals surface area contributed by atoms with Gasteiger partial charge in [-0.3, -0.25) is 0 Å². The normalized spacial score (nSPS) is 15.2.